The van der Waals surface area contributed by atoms with Gasteiger partial charge in [0.25, 0.3) is 5.91 Å². The van der Waals surface area contributed by atoms with Gasteiger partial charge in [0, 0.05) is 17.6 Å². The maximum atomic E-state index is 12.1. The summed E-state index contributed by atoms with van der Waals surface area (Å²) in [5.41, 5.74) is 3.14. The van der Waals surface area contributed by atoms with Gasteiger partial charge in [-0.15, -0.1) is 0 Å². The fraction of sp³-hybridized carbons (Fsp3) is 0.231. The molecular weight excluding hydrogens is 228 g/mol. The van der Waals surface area contributed by atoms with Gasteiger partial charge in [0.2, 0.25) is 0 Å². The summed E-state index contributed by atoms with van der Waals surface area (Å²) in [7, 11) is 0. The smallest absolute Gasteiger partial charge is 0.253 e. The predicted molar refractivity (Wildman–Crippen MR) is 70.0 cm³/mol. The van der Waals surface area contributed by atoms with E-state index in [1.807, 2.05) is 24.3 Å². The molecule has 0 atom stereocenters. The van der Waals surface area contributed by atoms with Crippen LogP contribution in [0.5, 0.6) is 0 Å². The van der Waals surface area contributed by atoms with E-state index < -0.39 is 0 Å². The van der Waals surface area contributed by atoms with E-state index in [0.717, 1.165) is 23.6 Å². The summed E-state index contributed by atoms with van der Waals surface area (Å²) in [5.74, 6) is 5.93. The molecule has 5 heteroatoms. The van der Waals surface area contributed by atoms with Crippen LogP contribution in [0.25, 0.3) is 10.8 Å². The Balaban J connectivity index is 2.08. The number of fused-ring (bicyclic) bond motifs is 1. The molecular formula is C13H14N4O. The molecule has 1 aromatic carbocycles. The average Bonchev–Trinajstić information content (AvgIpc) is 3.21. The van der Waals surface area contributed by atoms with Crippen LogP contribution < -0.4 is 16.6 Å². The van der Waals surface area contributed by atoms with Gasteiger partial charge in [0.15, 0.2) is 0 Å². The highest BCUT2D eigenvalue weighted by Gasteiger charge is 2.24. The highest BCUT2D eigenvalue weighted by molar-refractivity contribution is 6.09. The number of aromatic nitrogens is 1. The highest BCUT2D eigenvalue weighted by atomic mass is 16.1. The number of amides is 1. The summed E-state index contributed by atoms with van der Waals surface area (Å²) in [6, 6.07) is 7.93. The molecule has 4 N–H and O–H groups in total. The molecule has 1 heterocycles. The minimum Gasteiger partial charge on any atom is -0.349 e. The van der Waals surface area contributed by atoms with Crippen LogP contribution in [-0.4, -0.2) is 16.9 Å². The van der Waals surface area contributed by atoms with Crippen LogP contribution in [-0.2, 0) is 0 Å². The van der Waals surface area contributed by atoms with Crippen LogP contribution in [0.15, 0.2) is 30.5 Å². The van der Waals surface area contributed by atoms with Crippen LogP contribution in [0.3, 0.4) is 0 Å². The number of carbonyl (C=O) groups is 1. The average molecular weight is 242 g/mol. The number of hydrogen-bond donors (Lipinski definition) is 3. The lowest BCUT2D eigenvalue weighted by Gasteiger charge is -2.09. The molecule has 0 spiro atoms. The lowest BCUT2D eigenvalue weighted by Crippen LogP contribution is -2.26. The lowest BCUT2D eigenvalue weighted by molar-refractivity contribution is 0.0952. The van der Waals surface area contributed by atoms with Crippen molar-refractivity contribution in [3.8, 4) is 0 Å². The summed E-state index contributed by atoms with van der Waals surface area (Å²) in [6.45, 7) is 0. The fourth-order valence-corrected chi connectivity index (χ4v) is 1.98. The van der Waals surface area contributed by atoms with Crippen molar-refractivity contribution in [1.82, 2.24) is 10.3 Å². The van der Waals surface area contributed by atoms with Gasteiger partial charge in [-0.05, 0) is 18.2 Å². The number of hydrazine groups is 1. The molecule has 1 aliphatic rings. The van der Waals surface area contributed by atoms with E-state index in [-0.39, 0.29) is 5.91 Å². The van der Waals surface area contributed by atoms with Gasteiger partial charge in [-0.2, -0.15) is 0 Å². The summed E-state index contributed by atoms with van der Waals surface area (Å²) in [6.07, 6.45) is 3.70. The summed E-state index contributed by atoms with van der Waals surface area (Å²) >= 11 is 0. The monoisotopic (exact) mass is 242 g/mol. The Labute approximate surface area is 104 Å². The van der Waals surface area contributed by atoms with E-state index in [1.165, 1.54) is 0 Å². The zero-order valence-electron chi connectivity index (χ0n) is 9.81. The minimum absolute atomic E-state index is 0.0650. The molecule has 0 bridgehead atoms. The number of benzene rings is 1. The number of nitrogens with two attached hydrogens (primary N) is 1. The quantitative estimate of drug-likeness (QED) is 0.561. The predicted octanol–water partition coefficient (Wildman–Crippen LogP) is 1.41. The molecule has 1 aromatic heterocycles. The van der Waals surface area contributed by atoms with Crippen LogP contribution >= 0.6 is 0 Å². The van der Waals surface area contributed by atoms with E-state index in [4.69, 9.17) is 5.84 Å². The largest absolute Gasteiger partial charge is 0.349 e. The first kappa shape index (κ1) is 11.0. The van der Waals surface area contributed by atoms with E-state index in [0.29, 0.717) is 17.4 Å². The molecule has 1 aliphatic carbocycles. The second kappa shape index (κ2) is 4.27. The van der Waals surface area contributed by atoms with Gasteiger partial charge in [-0.3, -0.25) is 4.79 Å². The second-order valence-electron chi connectivity index (χ2n) is 4.46. The summed E-state index contributed by atoms with van der Waals surface area (Å²) in [4.78, 5) is 16.3. The van der Waals surface area contributed by atoms with Gasteiger partial charge in [0.05, 0.1) is 5.56 Å². The van der Waals surface area contributed by atoms with Crippen LogP contribution in [0.2, 0.25) is 0 Å². The zero-order valence-corrected chi connectivity index (χ0v) is 9.81. The van der Waals surface area contributed by atoms with Crippen LogP contribution in [0, 0.1) is 0 Å². The van der Waals surface area contributed by atoms with Gasteiger partial charge in [-0.25, -0.2) is 10.8 Å². The molecule has 2 aromatic rings. The number of pyridine rings is 1. The molecule has 0 unspecified atom stereocenters. The molecule has 0 saturated heterocycles. The number of nitrogens with zero attached hydrogens (tertiary/aromatic N) is 1. The van der Waals surface area contributed by atoms with Gasteiger partial charge in [-0.1, -0.05) is 24.3 Å². The maximum absolute atomic E-state index is 12.1. The lowest BCUT2D eigenvalue weighted by atomic mass is 10.1. The normalized spacial score (nSPS) is 14.5. The number of anilines is 1. The molecule has 0 radical (unpaired) electrons. The van der Waals surface area contributed by atoms with Crippen molar-refractivity contribution in [2.75, 3.05) is 5.43 Å². The Morgan fingerprint density at radius 3 is 2.67 bits per heavy atom. The van der Waals surface area contributed by atoms with Gasteiger partial charge >= 0.3 is 0 Å². The van der Waals surface area contributed by atoms with Crippen molar-refractivity contribution in [3.05, 3.63) is 36.0 Å². The van der Waals surface area contributed by atoms with Crippen molar-refractivity contribution < 1.29 is 4.79 Å². The van der Waals surface area contributed by atoms with Crippen LogP contribution in [0.4, 0.5) is 5.82 Å². The molecule has 5 nitrogen and oxygen atoms in total. The highest BCUT2D eigenvalue weighted by Crippen LogP contribution is 2.25. The number of hydrogen-bond acceptors (Lipinski definition) is 4. The van der Waals surface area contributed by atoms with Crippen LogP contribution in [0.1, 0.15) is 23.2 Å². The molecule has 92 valence electrons. The molecule has 1 saturated carbocycles. The van der Waals surface area contributed by atoms with E-state index in [2.05, 4.69) is 15.7 Å². The third-order valence-electron chi connectivity index (χ3n) is 3.09. The molecule has 1 amide bonds. The number of nitrogens with one attached hydrogen (secondary N) is 2. The third-order valence-corrected chi connectivity index (χ3v) is 3.09. The molecule has 18 heavy (non-hydrogen) atoms. The van der Waals surface area contributed by atoms with Crippen molar-refractivity contribution in [1.29, 1.82) is 0 Å². The Bertz CT molecular complexity index is 607. The summed E-state index contributed by atoms with van der Waals surface area (Å²) < 4.78 is 0. The minimum atomic E-state index is -0.0650. The SMILES string of the molecule is NNc1ncc(C(=O)NC2CC2)c2ccccc12. The first-order chi connectivity index (χ1) is 8.79. The van der Waals surface area contributed by atoms with Crippen molar-refractivity contribution in [3.63, 3.8) is 0 Å². The first-order valence-electron chi connectivity index (χ1n) is 5.95. The zero-order chi connectivity index (χ0) is 12.5. The molecule has 1 fully saturated rings. The maximum Gasteiger partial charge on any atom is 0.253 e. The fourth-order valence-electron chi connectivity index (χ4n) is 1.98. The number of carbonyl (C=O) groups excluding carboxylic acids is 1. The Morgan fingerprint density at radius 2 is 2.00 bits per heavy atom. The Hall–Kier alpha value is -2.14. The Morgan fingerprint density at radius 1 is 1.28 bits per heavy atom. The molecule has 0 aliphatic heterocycles. The third kappa shape index (κ3) is 1.89. The number of rotatable bonds is 3. The summed E-state index contributed by atoms with van der Waals surface area (Å²) in [5, 5.41) is 4.68. The van der Waals surface area contributed by atoms with Gasteiger partial charge in [0.1, 0.15) is 5.82 Å². The van der Waals surface area contributed by atoms with Crippen molar-refractivity contribution in [2.45, 2.75) is 18.9 Å². The first-order valence-corrected chi connectivity index (χ1v) is 5.95. The van der Waals surface area contributed by atoms with Crippen molar-refractivity contribution >= 4 is 22.5 Å². The van der Waals surface area contributed by atoms with Gasteiger partial charge < -0.3 is 10.7 Å². The van der Waals surface area contributed by atoms with E-state index in [1.54, 1.807) is 6.20 Å². The number of nitrogen functional groups attached to an aromatic ring is 1. The van der Waals surface area contributed by atoms with E-state index in [9.17, 15) is 4.79 Å². The molecule has 3 rings (SSSR count). The van der Waals surface area contributed by atoms with E-state index >= 15 is 0 Å². The standard InChI is InChI=1S/C13H14N4O/c14-17-12-10-4-2-1-3-9(10)11(7-15-12)13(18)16-8-5-6-8/h1-4,7-8H,5-6,14H2,(H,15,17)(H,16,18). The topological polar surface area (TPSA) is 80.0 Å². The van der Waals surface area contributed by atoms with Crippen molar-refractivity contribution in [2.24, 2.45) is 5.84 Å². The Kier molecular flexibility index (Phi) is 2.60. The second-order valence-corrected chi connectivity index (χ2v) is 4.46.